The number of para-hydroxylation sites is 1. The summed E-state index contributed by atoms with van der Waals surface area (Å²) < 4.78 is 5.54. The van der Waals surface area contributed by atoms with Crippen molar-refractivity contribution in [1.29, 1.82) is 0 Å². The maximum atomic E-state index is 12.4. The van der Waals surface area contributed by atoms with Crippen LogP contribution in [-0.2, 0) is 4.79 Å². The molecule has 0 saturated heterocycles. The Morgan fingerprint density at radius 3 is 2.48 bits per heavy atom. The number of nitro groups is 1. The van der Waals surface area contributed by atoms with E-state index in [1.165, 1.54) is 23.1 Å². The fourth-order valence-corrected chi connectivity index (χ4v) is 2.21. The first-order chi connectivity index (χ1) is 10.9. The molecule has 0 N–H and O–H groups in total. The number of benzene rings is 2. The first kappa shape index (κ1) is 16.8. The van der Waals surface area contributed by atoms with Crippen molar-refractivity contribution in [2.75, 3.05) is 11.9 Å². The summed E-state index contributed by atoms with van der Waals surface area (Å²) in [5.41, 5.74) is 0.602. The van der Waals surface area contributed by atoms with Crippen LogP contribution in [0.25, 0.3) is 0 Å². The monoisotopic (exact) mass is 334 g/mol. The molecule has 6 nitrogen and oxygen atoms in total. The fraction of sp³-hybridized carbons (Fsp3) is 0.188. The molecule has 2 aromatic rings. The van der Waals surface area contributed by atoms with Gasteiger partial charge < -0.3 is 9.64 Å². The molecule has 0 spiro atoms. The Balaban J connectivity index is 2.11. The van der Waals surface area contributed by atoms with Crippen LogP contribution in [0.5, 0.6) is 5.75 Å². The maximum absolute atomic E-state index is 12.4. The lowest BCUT2D eigenvalue weighted by molar-refractivity contribution is -0.384. The van der Waals surface area contributed by atoms with Crippen LogP contribution in [0.4, 0.5) is 11.4 Å². The number of carbonyl (C=O) groups is 1. The number of anilines is 1. The van der Waals surface area contributed by atoms with Gasteiger partial charge in [-0.05, 0) is 25.1 Å². The molecule has 120 valence electrons. The van der Waals surface area contributed by atoms with Crippen molar-refractivity contribution in [2.24, 2.45) is 0 Å². The number of hydrogen-bond acceptors (Lipinski definition) is 4. The quantitative estimate of drug-likeness (QED) is 0.617. The van der Waals surface area contributed by atoms with Crippen LogP contribution in [0.3, 0.4) is 0 Å². The minimum Gasteiger partial charge on any atom is -0.479 e. The molecule has 1 amide bonds. The summed E-state index contributed by atoms with van der Waals surface area (Å²) in [6.45, 7) is 1.60. The molecule has 2 aromatic carbocycles. The van der Waals surface area contributed by atoms with Gasteiger partial charge in [0.05, 0.1) is 9.95 Å². The molecule has 0 aliphatic heterocycles. The van der Waals surface area contributed by atoms with Crippen molar-refractivity contribution in [3.8, 4) is 5.75 Å². The van der Waals surface area contributed by atoms with Gasteiger partial charge in [-0.1, -0.05) is 29.8 Å². The average molecular weight is 335 g/mol. The number of nitrogens with zero attached hydrogens (tertiary/aromatic N) is 2. The van der Waals surface area contributed by atoms with Gasteiger partial charge in [0.2, 0.25) is 0 Å². The van der Waals surface area contributed by atoms with Crippen LogP contribution in [0.2, 0.25) is 5.02 Å². The van der Waals surface area contributed by atoms with E-state index >= 15 is 0 Å². The zero-order valence-corrected chi connectivity index (χ0v) is 13.4. The molecule has 0 radical (unpaired) electrons. The number of amides is 1. The molecule has 0 fully saturated rings. The number of likely N-dealkylation sites (N-methyl/N-ethyl adjacent to an activating group) is 1. The van der Waals surface area contributed by atoms with E-state index in [0.717, 1.165) is 5.69 Å². The summed E-state index contributed by atoms with van der Waals surface area (Å²) in [5.74, 6) is -0.0369. The third-order valence-corrected chi connectivity index (χ3v) is 3.55. The molecule has 0 saturated carbocycles. The van der Waals surface area contributed by atoms with E-state index in [9.17, 15) is 14.9 Å². The average Bonchev–Trinajstić information content (AvgIpc) is 2.55. The predicted molar refractivity (Wildman–Crippen MR) is 88.0 cm³/mol. The van der Waals surface area contributed by atoms with Crippen molar-refractivity contribution >= 4 is 28.9 Å². The molecular weight excluding hydrogens is 320 g/mol. The van der Waals surface area contributed by atoms with Gasteiger partial charge in [0.1, 0.15) is 5.75 Å². The van der Waals surface area contributed by atoms with E-state index in [1.807, 2.05) is 30.3 Å². The van der Waals surface area contributed by atoms with Gasteiger partial charge in [0, 0.05) is 24.9 Å². The first-order valence-corrected chi connectivity index (χ1v) is 7.21. The molecule has 1 unspecified atom stereocenters. The summed E-state index contributed by atoms with van der Waals surface area (Å²) in [6, 6.07) is 13.0. The molecule has 23 heavy (non-hydrogen) atoms. The van der Waals surface area contributed by atoms with Gasteiger partial charge in [-0.3, -0.25) is 14.9 Å². The lowest BCUT2D eigenvalue weighted by Gasteiger charge is -2.22. The molecule has 0 bridgehead atoms. The largest absolute Gasteiger partial charge is 0.479 e. The highest BCUT2D eigenvalue weighted by Crippen LogP contribution is 2.29. The van der Waals surface area contributed by atoms with Crippen molar-refractivity contribution in [3.63, 3.8) is 0 Å². The van der Waals surface area contributed by atoms with E-state index in [0.29, 0.717) is 0 Å². The SMILES string of the molecule is CC(Oc1ccc([N+](=O)[O-])cc1Cl)C(=O)N(C)c1ccccc1. The van der Waals surface area contributed by atoms with Crippen molar-refractivity contribution in [2.45, 2.75) is 13.0 Å². The van der Waals surface area contributed by atoms with E-state index in [2.05, 4.69) is 0 Å². The van der Waals surface area contributed by atoms with Crippen LogP contribution in [0.1, 0.15) is 6.92 Å². The van der Waals surface area contributed by atoms with Crippen LogP contribution in [0.15, 0.2) is 48.5 Å². The number of rotatable bonds is 5. The van der Waals surface area contributed by atoms with E-state index in [1.54, 1.807) is 14.0 Å². The van der Waals surface area contributed by atoms with Gasteiger partial charge in [0.15, 0.2) is 6.10 Å². The number of nitro benzene ring substituents is 1. The van der Waals surface area contributed by atoms with Crippen LogP contribution >= 0.6 is 11.6 Å². The molecule has 0 heterocycles. The Labute approximate surface area is 138 Å². The molecule has 0 aliphatic rings. The number of carbonyl (C=O) groups excluding carboxylic acids is 1. The Morgan fingerprint density at radius 1 is 1.26 bits per heavy atom. The van der Waals surface area contributed by atoms with Gasteiger partial charge in [-0.15, -0.1) is 0 Å². The lowest BCUT2D eigenvalue weighted by Crippen LogP contribution is -2.38. The van der Waals surface area contributed by atoms with Crippen molar-refractivity contribution in [1.82, 2.24) is 0 Å². The van der Waals surface area contributed by atoms with E-state index in [-0.39, 0.29) is 22.4 Å². The molecular formula is C16H15ClN2O4. The summed E-state index contributed by atoms with van der Waals surface area (Å²) in [4.78, 5) is 24.0. The van der Waals surface area contributed by atoms with Gasteiger partial charge in [-0.25, -0.2) is 0 Å². The topological polar surface area (TPSA) is 72.7 Å². The summed E-state index contributed by atoms with van der Waals surface area (Å²) in [6.07, 6.45) is -0.792. The maximum Gasteiger partial charge on any atom is 0.271 e. The third-order valence-electron chi connectivity index (χ3n) is 3.25. The van der Waals surface area contributed by atoms with Crippen LogP contribution in [-0.4, -0.2) is 24.0 Å². The van der Waals surface area contributed by atoms with Crippen LogP contribution in [0, 0.1) is 10.1 Å². The second-order valence-electron chi connectivity index (χ2n) is 4.86. The van der Waals surface area contributed by atoms with Crippen molar-refractivity contribution < 1.29 is 14.5 Å². The smallest absolute Gasteiger partial charge is 0.271 e. The Morgan fingerprint density at radius 2 is 1.91 bits per heavy atom. The molecule has 1 atom stereocenters. The zero-order valence-electron chi connectivity index (χ0n) is 12.6. The first-order valence-electron chi connectivity index (χ1n) is 6.83. The van der Waals surface area contributed by atoms with Gasteiger partial charge in [-0.2, -0.15) is 0 Å². The third kappa shape index (κ3) is 3.98. The minimum absolute atomic E-state index is 0.0845. The zero-order chi connectivity index (χ0) is 17.0. The van der Waals surface area contributed by atoms with Crippen LogP contribution < -0.4 is 9.64 Å². The van der Waals surface area contributed by atoms with E-state index in [4.69, 9.17) is 16.3 Å². The Kier molecular flexibility index (Phi) is 5.18. The predicted octanol–water partition coefficient (Wildman–Crippen LogP) is 3.68. The molecule has 2 rings (SSSR count). The minimum atomic E-state index is -0.792. The van der Waals surface area contributed by atoms with Crippen molar-refractivity contribution in [3.05, 3.63) is 63.7 Å². The molecule has 0 aliphatic carbocycles. The highest BCUT2D eigenvalue weighted by Gasteiger charge is 2.22. The second-order valence-corrected chi connectivity index (χ2v) is 5.27. The molecule has 7 heteroatoms. The van der Waals surface area contributed by atoms with Gasteiger partial charge in [0.25, 0.3) is 11.6 Å². The van der Waals surface area contributed by atoms with Gasteiger partial charge >= 0.3 is 0 Å². The highest BCUT2D eigenvalue weighted by atomic mass is 35.5. The summed E-state index contributed by atoms with van der Waals surface area (Å²) in [5, 5.41) is 10.8. The lowest BCUT2D eigenvalue weighted by atomic mass is 10.2. The number of hydrogen-bond donors (Lipinski definition) is 0. The number of ether oxygens (including phenoxy) is 1. The molecule has 0 aromatic heterocycles. The summed E-state index contributed by atoms with van der Waals surface area (Å²) in [7, 11) is 1.65. The highest BCUT2D eigenvalue weighted by molar-refractivity contribution is 6.32. The fourth-order valence-electron chi connectivity index (χ4n) is 1.99. The second kappa shape index (κ2) is 7.11. The Hall–Kier alpha value is -2.60. The number of non-ortho nitro benzene ring substituents is 1. The number of halogens is 1. The standard InChI is InChI=1S/C16H15ClN2O4/c1-11(16(20)18(2)12-6-4-3-5-7-12)23-15-9-8-13(19(21)22)10-14(15)17/h3-11H,1-2H3. The Bertz CT molecular complexity index is 721. The summed E-state index contributed by atoms with van der Waals surface area (Å²) >= 11 is 5.96. The van der Waals surface area contributed by atoms with E-state index < -0.39 is 11.0 Å². The normalized spacial score (nSPS) is 11.6.